The Morgan fingerprint density at radius 2 is 2.15 bits per heavy atom. The summed E-state index contributed by atoms with van der Waals surface area (Å²) < 4.78 is 19.2. The van der Waals surface area contributed by atoms with Crippen molar-refractivity contribution in [2.75, 3.05) is 19.8 Å². The van der Waals surface area contributed by atoms with Crippen molar-refractivity contribution >= 4 is 11.6 Å². The van der Waals surface area contributed by atoms with Crippen molar-refractivity contribution < 1.29 is 9.13 Å². The summed E-state index contributed by atoms with van der Waals surface area (Å²) in [6.07, 6.45) is 1.81. The van der Waals surface area contributed by atoms with E-state index in [1.54, 1.807) is 12.1 Å². The Labute approximate surface area is 125 Å². The highest BCUT2D eigenvalue weighted by molar-refractivity contribution is 6.30. The average Bonchev–Trinajstić information content (AvgIpc) is 2.80. The van der Waals surface area contributed by atoms with Crippen LogP contribution in [0.3, 0.4) is 0 Å². The molecule has 1 fully saturated rings. The summed E-state index contributed by atoms with van der Waals surface area (Å²) in [5.41, 5.74) is 1.10. The summed E-state index contributed by atoms with van der Waals surface area (Å²) in [5.74, 6) is -0.345. The first-order chi connectivity index (χ1) is 9.30. The Kier molecular flexibility index (Phi) is 4.73. The molecule has 0 spiro atoms. The number of nitrogens with one attached hydrogen (secondary N) is 1. The Morgan fingerprint density at radius 3 is 2.70 bits per heavy atom. The molecule has 20 heavy (non-hydrogen) atoms. The van der Waals surface area contributed by atoms with Gasteiger partial charge in [-0.3, -0.25) is 0 Å². The molecule has 1 N–H and O–H groups in total. The molecule has 1 aromatic carbocycles. The predicted octanol–water partition coefficient (Wildman–Crippen LogP) is 3.82. The maximum Gasteiger partial charge on any atom is 0.142 e. The van der Waals surface area contributed by atoms with Crippen LogP contribution in [0.15, 0.2) is 18.2 Å². The molecular formula is C16H23ClFNO. The second-order valence-corrected chi connectivity index (χ2v) is 7.24. The lowest BCUT2D eigenvalue weighted by Crippen LogP contribution is -2.45. The second-order valence-electron chi connectivity index (χ2n) is 6.83. The summed E-state index contributed by atoms with van der Waals surface area (Å²) in [6.45, 7) is 8.83. The molecule has 4 heteroatoms. The van der Waals surface area contributed by atoms with Crippen LogP contribution >= 0.6 is 11.6 Å². The lowest BCUT2D eigenvalue weighted by Gasteiger charge is -2.32. The monoisotopic (exact) mass is 299 g/mol. The topological polar surface area (TPSA) is 21.3 Å². The largest absolute Gasteiger partial charge is 0.381 e. The molecular weight excluding hydrogens is 277 g/mol. The van der Waals surface area contributed by atoms with Crippen LogP contribution in [0.5, 0.6) is 0 Å². The molecule has 1 aliphatic heterocycles. The van der Waals surface area contributed by atoms with E-state index in [-0.39, 0.29) is 21.8 Å². The highest BCUT2D eigenvalue weighted by atomic mass is 35.5. The maximum atomic E-state index is 13.6. The molecule has 1 atom stereocenters. The van der Waals surface area contributed by atoms with Gasteiger partial charge in [0.2, 0.25) is 0 Å². The van der Waals surface area contributed by atoms with Crippen LogP contribution in [0.2, 0.25) is 5.02 Å². The zero-order valence-electron chi connectivity index (χ0n) is 12.4. The third kappa shape index (κ3) is 4.18. The lowest BCUT2D eigenvalue weighted by molar-refractivity contribution is 0.144. The fraction of sp³-hybridized carbons (Fsp3) is 0.625. The van der Waals surface area contributed by atoms with Gasteiger partial charge in [-0.2, -0.15) is 0 Å². The van der Waals surface area contributed by atoms with Crippen molar-refractivity contribution in [3.8, 4) is 0 Å². The summed E-state index contributed by atoms with van der Waals surface area (Å²) in [7, 11) is 0. The fourth-order valence-electron chi connectivity index (χ4n) is 2.53. The third-order valence-corrected chi connectivity index (χ3v) is 4.05. The van der Waals surface area contributed by atoms with E-state index >= 15 is 0 Å². The van der Waals surface area contributed by atoms with Gasteiger partial charge >= 0.3 is 0 Å². The number of benzene rings is 1. The Morgan fingerprint density at radius 1 is 1.40 bits per heavy atom. The highest BCUT2D eigenvalue weighted by Gasteiger charge is 2.35. The highest BCUT2D eigenvalue weighted by Crippen LogP contribution is 2.33. The summed E-state index contributed by atoms with van der Waals surface area (Å²) >= 11 is 5.74. The third-order valence-electron chi connectivity index (χ3n) is 3.74. The quantitative estimate of drug-likeness (QED) is 0.912. The molecule has 0 bridgehead atoms. The first-order valence-electron chi connectivity index (χ1n) is 7.06. The number of ether oxygens (including phenoxy) is 1. The van der Waals surface area contributed by atoms with E-state index in [1.165, 1.54) is 0 Å². The number of hydrogen-bond donors (Lipinski definition) is 1. The van der Waals surface area contributed by atoms with Crippen molar-refractivity contribution in [1.29, 1.82) is 0 Å². The SMILES string of the molecule is CC(C)(C)NCC1(Cc2ccc(Cl)c(F)c2)CCOC1. The van der Waals surface area contributed by atoms with Crippen molar-refractivity contribution in [1.82, 2.24) is 5.32 Å². The molecule has 1 unspecified atom stereocenters. The molecule has 2 rings (SSSR count). The van der Waals surface area contributed by atoms with Crippen molar-refractivity contribution in [3.63, 3.8) is 0 Å². The minimum absolute atomic E-state index is 0.0492. The predicted molar refractivity (Wildman–Crippen MR) is 80.7 cm³/mol. The van der Waals surface area contributed by atoms with Gasteiger partial charge in [0, 0.05) is 24.1 Å². The molecule has 1 saturated heterocycles. The van der Waals surface area contributed by atoms with Crippen LogP contribution < -0.4 is 5.32 Å². The van der Waals surface area contributed by atoms with Crippen molar-refractivity contribution in [2.45, 2.75) is 39.2 Å². The van der Waals surface area contributed by atoms with Gasteiger partial charge in [-0.05, 0) is 51.3 Å². The summed E-state index contributed by atoms with van der Waals surface area (Å²) in [5, 5.41) is 3.73. The Bertz CT molecular complexity index is 464. The molecule has 2 nitrogen and oxygen atoms in total. The fourth-order valence-corrected chi connectivity index (χ4v) is 2.64. The van der Waals surface area contributed by atoms with Gasteiger partial charge in [0.05, 0.1) is 11.6 Å². The van der Waals surface area contributed by atoms with Crippen LogP contribution in [-0.4, -0.2) is 25.3 Å². The van der Waals surface area contributed by atoms with E-state index in [2.05, 4.69) is 26.1 Å². The zero-order valence-corrected chi connectivity index (χ0v) is 13.2. The van der Waals surface area contributed by atoms with E-state index in [4.69, 9.17) is 16.3 Å². The molecule has 0 radical (unpaired) electrons. The van der Waals surface area contributed by atoms with Gasteiger partial charge in [-0.25, -0.2) is 4.39 Å². The van der Waals surface area contributed by atoms with E-state index in [0.29, 0.717) is 0 Å². The summed E-state index contributed by atoms with van der Waals surface area (Å²) in [4.78, 5) is 0. The number of halogens is 2. The van der Waals surface area contributed by atoms with Gasteiger partial charge < -0.3 is 10.1 Å². The standard InChI is InChI=1S/C16H23ClFNO/c1-15(2,3)19-10-16(6-7-20-11-16)9-12-4-5-13(17)14(18)8-12/h4-5,8,19H,6-7,9-11H2,1-3H3. The van der Waals surface area contributed by atoms with Crippen LogP contribution in [0.4, 0.5) is 4.39 Å². The van der Waals surface area contributed by atoms with Gasteiger partial charge in [0.1, 0.15) is 5.82 Å². The van der Waals surface area contributed by atoms with Gasteiger partial charge in [-0.15, -0.1) is 0 Å². The van der Waals surface area contributed by atoms with Crippen LogP contribution in [0.25, 0.3) is 0 Å². The van der Waals surface area contributed by atoms with E-state index in [1.807, 2.05) is 6.07 Å². The molecule has 1 heterocycles. The van der Waals surface area contributed by atoms with Crippen LogP contribution in [-0.2, 0) is 11.2 Å². The second kappa shape index (κ2) is 6.00. The zero-order chi connectivity index (χ0) is 14.8. The first-order valence-corrected chi connectivity index (χ1v) is 7.44. The van der Waals surface area contributed by atoms with Gasteiger partial charge in [-0.1, -0.05) is 17.7 Å². The van der Waals surface area contributed by atoms with Crippen molar-refractivity contribution in [2.24, 2.45) is 5.41 Å². The Balaban J connectivity index is 2.10. The maximum absolute atomic E-state index is 13.6. The normalized spacial score (nSPS) is 23.2. The molecule has 0 amide bonds. The molecule has 0 aliphatic carbocycles. The van der Waals surface area contributed by atoms with Gasteiger partial charge in [0.15, 0.2) is 0 Å². The van der Waals surface area contributed by atoms with E-state index in [9.17, 15) is 4.39 Å². The molecule has 1 aromatic rings. The van der Waals surface area contributed by atoms with Crippen LogP contribution in [0, 0.1) is 11.2 Å². The smallest absolute Gasteiger partial charge is 0.142 e. The lowest BCUT2D eigenvalue weighted by atomic mass is 9.80. The van der Waals surface area contributed by atoms with Crippen molar-refractivity contribution in [3.05, 3.63) is 34.6 Å². The average molecular weight is 300 g/mol. The molecule has 0 saturated carbocycles. The van der Waals surface area contributed by atoms with E-state index in [0.717, 1.165) is 38.2 Å². The number of rotatable bonds is 4. The van der Waals surface area contributed by atoms with Crippen LogP contribution in [0.1, 0.15) is 32.8 Å². The molecule has 112 valence electrons. The minimum atomic E-state index is -0.345. The first kappa shape index (κ1) is 15.7. The molecule has 0 aromatic heterocycles. The number of hydrogen-bond acceptors (Lipinski definition) is 2. The Hall–Kier alpha value is -0.640. The summed E-state index contributed by atoms with van der Waals surface area (Å²) in [6, 6.07) is 5.08. The minimum Gasteiger partial charge on any atom is -0.381 e. The van der Waals surface area contributed by atoms with E-state index < -0.39 is 0 Å². The van der Waals surface area contributed by atoms with Gasteiger partial charge in [0.25, 0.3) is 0 Å². The molecule has 1 aliphatic rings.